The van der Waals surface area contributed by atoms with E-state index in [-0.39, 0.29) is 0 Å². The highest BCUT2D eigenvalue weighted by Gasteiger charge is 2.02. The minimum absolute atomic E-state index is 0.599. The monoisotopic (exact) mass is 314 g/mol. The van der Waals surface area contributed by atoms with Crippen molar-refractivity contribution in [3.8, 4) is 17.2 Å². The Morgan fingerprint density at radius 2 is 1.26 bits per heavy atom. The summed E-state index contributed by atoms with van der Waals surface area (Å²) in [5.41, 5.74) is 1.36. The fraction of sp³-hybridized carbons (Fsp3) is 0.400. The second-order valence-corrected chi connectivity index (χ2v) is 5.60. The highest BCUT2D eigenvalue weighted by Crippen LogP contribution is 2.21. The Morgan fingerprint density at radius 3 is 1.74 bits per heavy atom. The molecular weight excluding hydrogens is 288 g/mol. The number of hydrogen-bond donors (Lipinski definition) is 0. The fourth-order valence-electron chi connectivity index (χ4n) is 2.24. The molecular formula is C20H26O3. The molecule has 124 valence electrons. The molecule has 1 unspecified atom stereocenters. The van der Waals surface area contributed by atoms with Crippen molar-refractivity contribution >= 4 is 0 Å². The minimum Gasteiger partial charge on any atom is -0.497 e. The van der Waals surface area contributed by atoms with Crippen LogP contribution in [-0.2, 0) is 0 Å². The quantitative estimate of drug-likeness (QED) is 0.606. The van der Waals surface area contributed by atoms with E-state index in [9.17, 15) is 0 Å². The second kappa shape index (κ2) is 9.09. The molecule has 0 saturated heterocycles. The maximum Gasteiger partial charge on any atom is 0.119 e. The van der Waals surface area contributed by atoms with E-state index in [1.807, 2.05) is 36.4 Å². The molecule has 0 fully saturated rings. The normalized spacial score (nSPS) is 11.8. The molecule has 0 aliphatic heterocycles. The summed E-state index contributed by atoms with van der Waals surface area (Å²) in [5.74, 6) is 3.20. The molecule has 0 aliphatic carbocycles. The summed E-state index contributed by atoms with van der Waals surface area (Å²) in [6.45, 7) is 5.74. The molecule has 0 radical (unpaired) electrons. The molecule has 23 heavy (non-hydrogen) atoms. The van der Waals surface area contributed by atoms with Crippen molar-refractivity contribution in [3.63, 3.8) is 0 Å². The molecule has 0 bridgehead atoms. The van der Waals surface area contributed by atoms with E-state index in [1.165, 1.54) is 5.56 Å². The van der Waals surface area contributed by atoms with Crippen molar-refractivity contribution in [1.29, 1.82) is 0 Å². The molecule has 2 aromatic rings. The zero-order valence-electron chi connectivity index (χ0n) is 14.2. The van der Waals surface area contributed by atoms with Crippen LogP contribution in [0.25, 0.3) is 0 Å². The van der Waals surface area contributed by atoms with E-state index in [0.717, 1.165) is 30.1 Å². The lowest BCUT2D eigenvalue weighted by Crippen LogP contribution is -2.05. The van der Waals surface area contributed by atoms with Gasteiger partial charge in [-0.15, -0.1) is 0 Å². The van der Waals surface area contributed by atoms with E-state index in [1.54, 1.807) is 7.11 Å². The van der Waals surface area contributed by atoms with Crippen LogP contribution in [0.1, 0.15) is 38.2 Å². The SMILES string of the molecule is CCC(C)c1ccc(OCCCOc2ccc(OC)cc2)cc1. The average Bonchev–Trinajstić information content (AvgIpc) is 2.62. The van der Waals surface area contributed by atoms with Gasteiger partial charge in [0, 0.05) is 6.42 Å². The van der Waals surface area contributed by atoms with Gasteiger partial charge in [-0.3, -0.25) is 0 Å². The van der Waals surface area contributed by atoms with Crippen molar-refractivity contribution in [1.82, 2.24) is 0 Å². The minimum atomic E-state index is 0.599. The van der Waals surface area contributed by atoms with Gasteiger partial charge in [-0.05, 0) is 54.3 Å². The van der Waals surface area contributed by atoms with E-state index in [4.69, 9.17) is 14.2 Å². The Kier molecular flexibility index (Phi) is 6.79. The van der Waals surface area contributed by atoms with Crippen molar-refractivity contribution in [2.24, 2.45) is 0 Å². The first-order valence-electron chi connectivity index (χ1n) is 8.22. The molecule has 2 aromatic carbocycles. The molecule has 0 aliphatic rings. The third-order valence-electron chi connectivity index (χ3n) is 3.95. The van der Waals surface area contributed by atoms with Gasteiger partial charge in [-0.2, -0.15) is 0 Å². The zero-order valence-corrected chi connectivity index (χ0v) is 14.2. The number of methoxy groups -OCH3 is 1. The lowest BCUT2D eigenvalue weighted by Gasteiger charge is -2.11. The zero-order chi connectivity index (χ0) is 16.5. The lowest BCUT2D eigenvalue weighted by atomic mass is 9.99. The molecule has 0 heterocycles. The first-order chi connectivity index (χ1) is 11.2. The van der Waals surface area contributed by atoms with E-state index in [0.29, 0.717) is 19.1 Å². The molecule has 3 heteroatoms. The summed E-state index contributed by atoms with van der Waals surface area (Å²) in [6, 6.07) is 16.0. The number of benzene rings is 2. The van der Waals surface area contributed by atoms with Crippen LogP contribution in [0.3, 0.4) is 0 Å². The fourth-order valence-corrected chi connectivity index (χ4v) is 2.24. The van der Waals surface area contributed by atoms with Gasteiger partial charge in [0.05, 0.1) is 20.3 Å². The molecule has 0 spiro atoms. The Labute approximate surface area is 139 Å². The summed E-state index contributed by atoms with van der Waals surface area (Å²) in [4.78, 5) is 0. The molecule has 0 N–H and O–H groups in total. The maximum atomic E-state index is 5.75. The summed E-state index contributed by atoms with van der Waals surface area (Å²) >= 11 is 0. The Hall–Kier alpha value is -2.16. The van der Waals surface area contributed by atoms with Crippen LogP contribution in [-0.4, -0.2) is 20.3 Å². The molecule has 0 saturated carbocycles. The topological polar surface area (TPSA) is 27.7 Å². The van der Waals surface area contributed by atoms with Gasteiger partial charge >= 0.3 is 0 Å². The first kappa shape index (κ1) is 17.2. The van der Waals surface area contributed by atoms with Crippen LogP contribution < -0.4 is 14.2 Å². The van der Waals surface area contributed by atoms with Crippen molar-refractivity contribution in [2.75, 3.05) is 20.3 Å². The van der Waals surface area contributed by atoms with Crippen molar-refractivity contribution in [3.05, 3.63) is 54.1 Å². The summed E-state index contributed by atoms with van der Waals surface area (Å²) in [7, 11) is 1.66. The van der Waals surface area contributed by atoms with Gasteiger partial charge < -0.3 is 14.2 Å². The Morgan fingerprint density at radius 1 is 0.783 bits per heavy atom. The highest BCUT2D eigenvalue weighted by atomic mass is 16.5. The summed E-state index contributed by atoms with van der Waals surface area (Å²) in [6.07, 6.45) is 2.00. The average molecular weight is 314 g/mol. The van der Waals surface area contributed by atoms with Gasteiger partial charge in [0.25, 0.3) is 0 Å². The predicted octanol–water partition coefficient (Wildman–Crippen LogP) is 5.06. The van der Waals surface area contributed by atoms with Gasteiger partial charge in [0.1, 0.15) is 17.2 Å². The second-order valence-electron chi connectivity index (χ2n) is 5.60. The number of rotatable bonds is 9. The molecule has 0 aromatic heterocycles. The molecule has 2 rings (SSSR count). The van der Waals surface area contributed by atoms with E-state index < -0.39 is 0 Å². The smallest absolute Gasteiger partial charge is 0.119 e. The van der Waals surface area contributed by atoms with Crippen LogP contribution >= 0.6 is 0 Å². The highest BCUT2D eigenvalue weighted by molar-refractivity contribution is 5.31. The summed E-state index contributed by atoms with van der Waals surface area (Å²) in [5, 5.41) is 0. The predicted molar refractivity (Wildman–Crippen MR) is 93.7 cm³/mol. The summed E-state index contributed by atoms with van der Waals surface area (Å²) < 4.78 is 16.5. The van der Waals surface area contributed by atoms with Gasteiger partial charge in [-0.25, -0.2) is 0 Å². The van der Waals surface area contributed by atoms with E-state index >= 15 is 0 Å². The standard InChI is InChI=1S/C20H26O3/c1-4-16(2)17-6-8-19(9-7-17)22-14-5-15-23-20-12-10-18(21-3)11-13-20/h6-13,16H,4-5,14-15H2,1-3H3. The van der Waals surface area contributed by atoms with Crippen LogP contribution in [0.15, 0.2) is 48.5 Å². The van der Waals surface area contributed by atoms with Gasteiger partial charge in [-0.1, -0.05) is 26.0 Å². The number of ether oxygens (including phenoxy) is 3. The first-order valence-corrected chi connectivity index (χ1v) is 8.22. The van der Waals surface area contributed by atoms with Crippen molar-refractivity contribution in [2.45, 2.75) is 32.6 Å². The van der Waals surface area contributed by atoms with Crippen LogP contribution in [0.4, 0.5) is 0 Å². The van der Waals surface area contributed by atoms with Crippen LogP contribution in [0, 0.1) is 0 Å². The van der Waals surface area contributed by atoms with Crippen LogP contribution in [0.2, 0.25) is 0 Å². The maximum absolute atomic E-state index is 5.75. The third kappa shape index (κ3) is 5.51. The lowest BCUT2D eigenvalue weighted by molar-refractivity contribution is 0.247. The van der Waals surface area contributed by atoms with Crippen molar-refractivity contribution < 1.29 is 14.2 Å². The largest absolute Gasteiger partial charge is 0.497 e. The third-order valence-corrected chi connectivity index (χ3v) is 3.95. The number of hydrogen-bond acceptors (Lipinski definition) is 3. The van der Waals surface area contributed by atoms with Crippen LogP contribution in [0.5, 0.6) is 17.2 Å². The van der Waals surface area contributed by atoms with Gasteiger partial charge in [0.2, 0.25) is 0 Å². The molecule has 1 atom stereocenters. The Balaban J connectivity index is 1.66. The molecule has 0 amide bonds. The molecule has 3 nitrogen and oxygen atoms in total. The Bertz CT molecular complexity index is 560. The van der Waals surface area contributed by atoms with Gasteiger partial charge in [0.15, 0.2) is 0 Å². The van der Waals surface area contributed by atoms with E-state index in [2.05, 4.69) is 26.0 Å².